The van der Waals surface area contributed by atoms with Crippen molar-refractivity contribution in [3.05, 3.63) is 145 Å². The first-order valence-corrected chi connectivity index (χ1v) is 15.7. The molecule has 2 aromatic heterocycles. The Bertz CT molecular complexity index is 2460. The number of fused-ring (bicyclic) bond motifs is 2. The van der Waals surface area contributed by atoms with Gasteiger partial charge in [-0.2, -0.15) is 0 Å². The van der Waals surface area contributed by atoms with Gasteiger partial charge >= 0.3 is 0 Å². The maximum Gasteiger partial charge on any atom is 0.197 e. The van der Waals surface area contributed by atoms with Crippen LogP contribution in [0.4, 0.5) is 0 Å². The second-order valence-electron chi connectivity index (χ2n) is 11.7. The minimum Gasteiger partial charge on any atom is -0.508 e. The zero-order chi connectivity index (χ0) is 34.4. The lowest BCUT2D eigenvalue weighted by Crippen LogP contribution is -2.07. The first-order chi connectivity index (χ1) is 24.3. The Labute approximate surface area is 285 Å². The van der Waals surface area contributed by atoms with Crippen molar-refractivity contribution < 1.29 is 25.2 Å². The normalized spacial score (nSPS) is 11.2. The predicted octanol–water partition coefficient (Wildman–Crippen LogP) is 8.29. The van der Waals surface area contributed by atoms with Crippen LogP contribution in [0.3, 0.4) is 0 Å². The number of aromatic nitrogens is 4. The number of carbonyl (C=O) groups excluding carboxylic acids is 1. The van der Waals surface area contributed by atoms with Crippen LogP contribution < -0.4 is 0 Å². The van der Waals surface area contributed by atoms with Gasteiger partial charge in [-0.3, -0.25) is 4.79 Å². The van der Waals surface area contributed by atoms with Crippen LogP contribution in [0.2, 0.25) is 0 Å². The van der Waals surface area contributed by atoms with Crippen molar-refractivity contribution >= 4 is 27.9 Å². The molecule has 9 nitrogen and oxygen atoms in total. The molecule has 9 heteroatoms. The van der Waals surface area contributed by atoms with Crippen molar-refractivity contribution in [3.63, 3.8) is 0 Å². The number of hydrogen-bond donors (Lipinski definition) is 4. The predicted molar refractivity (Wildman–Crippen MR) is 191 cm³/mol. The van der Waals surface area contributed by atoms with E-state index in [2.05, 4.69) is 0 Å². The summed E-state index contributed by atoms with van der Waals surface area (Å²) in [5, 5.41) is 41.2. The molecular formula is C41H26N4O5. The Morgan fingerprint density at radius 3 is 1.00 bits per heavy atom. The van der Waals surface area contributed by atoms with Gasteiger partial charge in [0, 0.05) is 22.3 Å². The van der Waals surface area contributed by atoms with Crippen LogP contribution in [0.25, 0.3) is 67.1 Å². The van der Waals surface area contributed by atoms with Gasteiger partial charge in [0.05, 0.1) is 44.9 Å². The fourth-order valence-corrected chi connectivity index (χ4v) is 6.08. The summed E-state index contributed by atoms with van der Waals surface area (Å²) in [6.07, 6.45) is 0. The average Bonchev–Trinajstić information content (AvgIpc) is 3.13. The zero-order valence-electron chi connectivity index (χ0n) is 26.2. The molecular weight excluding hydrogens is 628 g/mol. The standard InChI is InChI=1S/C41H26N4O5/c46-27-11-1-7-23(19-27)35-37(25-9-3-13-29(48)21-25)44-39-31(15-5-17-33(39)42-35)41(50)32-16-6-18-34-40(32)45-38(26-10-4-14-30(49)22-26)36(43-34)24-8-2-12-28(47)20-24/h1-22,46-49H. The van der Waals surface area contributed by atoms with Gasteiger partial charge in [-0.05, 0) is 72.8 Å². The Kier molecular flexibility index (Phi) is 7.34. The topological polar surface area (TPSA) is 150 Å². The van der Waals surface area contributed by atoms with E-state index in [9.17, 15) is 25.2 Å². The van der Waals surface area contributed by atoms with E-state index in [1.54, 1.807) is 133 Å². The van der Waals surface area contributed by atoms with Crippen LogP contribution in [-0.4, -0.2) is 46.1 Å². The lowest BCUT2D eigenvalue weighted by atomic mass is 9.98. The summed E-state index contributed by atoms with van der Waals surface area (Å²) in [5.74, 6) is -0.159. The van der Waals surface area contributed by atoms with E-state index in [0.29, 0.717) is 67.1 Å². The second kappa shape index (κ2) is 12.1. The first-order valence-electron chi connectivity index (χ1n) is 15.7. The first kappa shape index (κ1) is 30.2. The second-order valence-corrected chi connectivity index (χ2v) is 11.7. The summed E-state index contributed by atoms with van der Waals surface area (Å²) in [5.41, 5.74) is 6.30. The van der Waals surface area contributed by atoms with Crippen molar-refractivity contribution in [2.24, 2.45) is 0 Å². The fraction of sp³-hybridized carbons (Fsp3) is 0. The van der Waals surface area contributed by atoms with Crippen molar-refractivity contribution in [2.75, 3.05) is 0 Å². The van der Waals surface area contributed by atoms with E-state index in [1.165, 1.54) is 0 Å². The molecule has 8 aromatic rings. The van der Waals surface area contributed by atoms with Crippen LogP contribution in [0.1, 0.15) is 15.9 Å². The SMILES string of the molecule is O=C(c1cccc2nc(-c3cccc(O)c3)c(-c3cccc(O)c3)nc12)c1cccc2nc(-c3cccc(O)c3)c(-c3cccc(O)c3)nc12. The number of phenolic OH excluding ortho intramolecular Hbond substituents is 4. The monoisotopic (exact) mass is 654 g/mol. The molecule has 0 aliphatic carbocycles. The van der Waals surface area contributed by atoms with Gasteiger partial charge in [-0.1, -0.05) is 60.7 Å². The average molecular weight is 655 g/mol. The summed E-state index contributed by atoms with van der Waals surface area (Å²) in [4.78, 5) is 34.4. The molecule has 0 aliphatic rings. The number of benzene rings is 6. The van der Waals surface area contributed by atoms with Crippen LogP contribution >= 0.6 is 0 Å². The smallest absolute Gasteiger partial charge is 0.197 e. The highest BCUT2D eigenvalue weighted by Gasteiger charge is 2.23. The molecule has 8 rings (SSSR count). The van der Waals surface area contributed by atoms with Gasteiger partial charge in [0.2, 0.25) is 0 Å². The van der Waals surface area contributed by atoms with Crippen LogP contribution in [-0.2, 0) is 0 Å². The molecule has 240 valence electrons. The maximum atomic E-state index is 14.6. The van der Waals surface area contributed by atoms with Crippen molar-refractivity contribution in [2.45, 2.75) is 0 Å². The van der Waals surface area contributed by atoms with Crippen molar-refractivity contribution in [3.8, 4) is 68.0 Å². The van der Waals surface area contributed by atoms with Crippen LogP contribution in [0.15, 0.2) is 133 Å². The van der Waals surface area contributed by atoms with Crippen molar-refractivity contribution in [1.82, 2.24) is 19.9 Å². The molecule has 0 saturated heterocycles. The van der Waals surface area contributed by atoms with E-state index in [4.69, 9.17) is 19.9 Å². The number of para-hydroxylation sites is 2. The summed E-state index contributed by atoms with van der Waals surface area (Å²) >= 11 is 0. The highest BCUT2D eigenvalue weighted by Crippen LogP contribution is 2.37. The third-order valence-electron chi connectivity index (χ3n) is 8.36. The van der Waals surface area contributed by atoms with Gasteiger partial charge in [0.25, 0.3) is 0 Å². The largest absolute Gasteiger partial charge is 0.508 e. The fourth-order valence-electron chi connectivity index (χ4n) is 6.08. The molecule has 50 heavy (non-hydrogen) atoms. The van der Waals surface area contributed by atoms with Gasteiger partial charge in [0.15, 0.2) is 5.78 Å². The molecule has 4 N–H and O–H groups in total. The minimum atomic E-state index is -0.358. The Balaban J connectivity index is 1.35. The third kappa shape index (κ3) is 5.48. The molecule has 0 fully saturated rings. The molecule has 0 amide bonds. The quantitative estimate of drug-likeness (QED) is 0.130. The molecule has 6 aromatic carbocycles. The summed E-state index contributed by atoms with van der Waals surface area (Å²) in [6, 6.07) is 36.9. The molecule has 0 unspecified atom stereocenters. The van der Waals surface area contributed by atoms with Gasteiger partial charge in [-0.25, -0.2) is 19.9 Å². The molecule has 0 saturated carbocycles. The highest BCUT2D eigenvalue weighted by molar-refractivity contribution is 6.20. The number of rotatable bonds is 6. The number of hydrogen-bond acceptors (Lipinski definition) is 9. The number of aromatic hydroxyl groups is 4. The van der Waals surface area contributed by atoms with Gasteiger partial charge in [0.1, 0.15) is 34.0 Å². The van der Waals surface area contributed by atoms with Crippen molar-refractivity contribution in [1.29, 1.82) is 0 Å². The zero-order valence-corrected chi connectivity index (χ0v) is 26.2. The van der Waals surface area contributed by atoms with E-state index in [-0.39, 0.29) is 39.9 Å². The number of phenols is 4. The maximum absolute atomic E-state index is 14.6. The number of nitrogens with zero attached hydrogens (tertiary/aromatic N) is 4. The van der Waals surface area contributed by atoms with E-state index in [1.807, 2.05) is 0 Å². The van der Waals surface area contributed by atoms with Gasteiger partial charge < -0.3 is 20.4 Å². The van der Waals surface area contributed by atoms with Crippen LogP contribution in [0, 0.1) is 0 Å². The third-order valence-corrected chi connectivity index (χ3v) is 8.36. The lowest BCUT2D eigenvalue weighted by molar-refractivity contribution is 0.104. The number of ketones is 1. The Morgan fingerprint density at radius 2 is 0.680 bits per heavy atom. The molecule has 0 radical (unpaired) electrons. The minimum absolute atomic E-state index is 0.0394. The Hall–Kier alpha value is -7.13. The number of carbonyl (C=O) groups is 1. The summed E-state index contributed by atoms with van der Waals surface area (Å²) in [7, 11) is 0. The lowest BCUT2D eigenvalue weighted by Gasteiger charge is -2.14. The Morgan fingerprint density at radius 1 is 0.380 bits per heavy atom. The highest BCUT2D eigenvalue weighted by atomic mass is 16.3. The molecule has 0 atom stereocenters. The molecule has 0 aliphatic heterocycles. The summed E-state index contributed by atoms with van der Waals surface area (Å²) < 4.78 is 0. The van der Waals surface area contributed by atoms with E-state index < -0.39 is 0 Å². The molecule has 0 bridgehead atoms. The van der Waals surface area contributed by atoms with E-state index in [0.717, 1.165) is 0 Å². The van der Waals surface area contributed by atoms with Crippen LogP contribution in [0.5, 0.6) is 23.0 Å². The molecule has 0 spiro atoms. The molecule has 2 heterocycles. The summed E-state index contributed by atoms with van der Waals surface area (Å²) in [6.45, 7) is 0. The van der Waals surface area contributed by atoms with E-state index >= 15 is 0 Å². The van der Waals surface area contributed by atoms with Gasteiger partial charge in [-0.15, -0.1) is 0 Å².